The van der Waals surface area contributed by atoms with Crippen LogP contribution in [0, 0.1) is 5.92 Å². The van der Waals surface area contributed by atoms with Crippen molar-refractivity contribution in [2.75, 3.05) is 26.3 Å². The van der Waals surface area contributed by atoms with E-state index in [4.69, 9.17) is 5.73 Å². The van der Waals surface area contributed by atoms with Gasteiger partial charge in [-0.2, -0.15) is 0 Å². The zero-order valence-corrected chi connectivity index (χ0v) is 8.51. The fraction of sp³-hybridized carbons (Fsp3) is 1.00. The summed E-state index contributed by atoms with van der Waals surface area (Å²) in [5.41, 5.74) is 5.64. The van der Waals surface area contributed by atoms with Crippen LogP contribution in [0.1, 0.15) is 26.2 Å². The predicted octanol–water partition coefficient (Wildman–Crippen LogP) is 1.41. The molecule has 0 aromatic rings. The topological polar surface area (TPSA) is 29.3 Å². The van der Waals surface area contributed by atoms with E-state index in [2.05, 4.69) is 11.8 Å². The first-order valence-electron chi connectivity index (χ1n) is 5.28. The van der Waals surface area contributed by atoms with Gasteiger partial charge in [0.2, 0.25) is 0 Å². The maximum atomic E-state index is 12.0. The normalized spacial score (nSPS) is 30.7. The zero-order valence-electron chi connectivity index (χ0n) is 8.51. The van der Waals surface area contributed by atoms with E-state index in [0.717, 1.165) is 19.6 Å². The van der Waals surface area contributed by atoms with Crippen LogP contribution in [-0.2, 0) is 0 Å². The quantitative estimate of drug-likeness (QED) is 0.722. The highest BCUT2D eigenvalue weighted by Gasteiger charge is 2.23. The summed E-state index contributed by atoms with van der Waals surface area (Å²) in [6.07, 6.45) is 3.12. The Balaban J connectivity index is 2.31. The molecule has 2 N–H and O–H groups in total. The first-order valence-corrected chi connectivity index (χ1v) is 5.28. The maximum absolute atomic E-state index is 12.0. The molecule has 0 aromatic carbocycles. The third-order valence-electron chi connectivity index (χ3n) is 3.02. The van der Waals surface area contributed by atoms with Crippen LogP contribution in [0.5, 0.6) is 0 Å². The van der Waals surface area contributed by atoms with Crippen molar-refractivity contribution >= 4 is 0 Å². The number of hydrogen-bond acceptors (Lipinski definition) is 2. The van der Waals surface area contributed by atoms with E-state index < -0.39 is 0 Å². The zero-order chi connectivity index (χ0) is 9.68. The molecule has 0 amide bonds. The number of piperidine rings is 1. The van der Waals surface area contributed by atoms with Gasteiger partial charge in [-0.3, -0.25) is 4.39 Å². The molecule has 1 rings (SSSR count). The molecular formula is C10H21FN2. The monoisotopic (exact) mass is 188 g/mol. The molecule has 1 heterocycles. The van der Waals surface area contributed by atoms with Gasteiger partial charge >= 0.3 is 0 Å². The average molecular weight is 188 g/mol. The molecule has 3 heteroatoms. The largest absolute Gasteiger partial charge is 0.330 e. The van der Waals surface area contributed by atoms with Crippen LogP contribution in [0.3, 0.4) is 0 Å². The molecule has 0 saturated carbocycles. The van der Waals surface area contributed by atoms with Crippen molar-refractivity contribution in [2.24, 2.45) is 11.7 Å². The molecule has 1 aliphatic heterocycles. The summed E-state index contributed by atoms with van der Waals surface area (Å²) in [5.74, 6) is 0.635. The highest BCUT2D eigenvalue weighted by Crippen LogP contribution is 2.20. The third kappa shape index (κ3) is 3.24. The van der Waals surface area contributed by atoms with Crippen molar-refractivity contribution in [3.63, 3.8) is 0 Å². The molecule has 13 heavy (non-hydrogen) atoms. The lowest BCUT2D eigenvalue weighted by Crippen LogP contribution is -2.44. The van der Waals surface area contributed by atoms with E-state index in [0.29, 0.717) is 18.4 Å². The summed E-state index contributed by atoms with van der Waals surface area (Å²) in [4.78, 5) is 2.38. The van der Waals surface area contributed by atoms with Gasteiger partial charge in [-0.05, 0) is 38.6 Å². The van der Waals surface area contributed by atoms with E-state index in [1.165, 1.54) is 12.8 Å². The summed E-state index contributed by atoms with van der Waals surface area (Å²) in [6.45, 7) is 4.77. The molecule has 2 nitrogen and oxygen atoms in total. The van der Waals surface area contributed by atoms with Crippen molar-refractivity contribution in [1.82, 2.24) is 4.90 Å². The van der Waals surface area contributed by atoms with Gasteiger partial charge in [0, 0.05) is 19.1 Å². The fourth-order valence-electron chi connectivity index (χ4n) is 2.03. The summed E-state index contributed by atoms with van der Waals surface area (Å²) in [6, 6.07) is 0.620. The lowest BCUT2D eigenvalue weighted by molar-refractivity contribution is 0.117. The van der Waals surface area contributed by atoms with Gasteiger partial charge in [0.1, 0.15) is 0 Å². The summed E-state index contributed by atoms with van der Waals surface area (Å²) >= 11 is 0. The minimum Gasteiger partial charge on any atom is -0.330 e. The Hall–Kier alpha value is -0.150. The van der Waals surface area contributed by atoms with Crippen molar-refractivity contribution in [1.29, 1.82) is 0 Å². The molecule has 0 spiro atoms. The maximum Gasteiger partial charge on any atom is 0.0906 e. The van der Waals surface area contributed by atoms with Crippen molar-refractivity contribution in [3.8, 4) is 0 Å². The minimum atomic E-state index is -0.198. The van der Waals surface area contributed by atoms with Crippen LogP contribution in [0.2, 0.25) is 0 Å². The predicted molar refractivity (Wildman–Crippen MR) is 53.4 cm³/mol. The summed E-state index contributed by atoms with van der Waals surface area (Å²) < 4.78 is 12.0. The van der Waals surface area contributed by atoms with Gasteiger partial charge in [-0.1, -0.05) is 0 Å². The van der Waals surface area contributed by atoms with Gasteiger partial charge < -0.3 is 10.6 Å². The van der Waals surface area contributed by atoms with Gasteiger partial charge in [-0.25, -0.2) is 0 Å². The number of alkyl halides is 1. The molecule has 2 unspecified atom stereocenters. The fourth-order valence-corrected chi connectivity index (χ4v) is 2.03. The molecule has 0 radical (unpaired) electrons. The van der Waals surface area contributed by atoms with Crippen LogP contribution in [0.4, 0.5) is 4.39 Å². The first kappa shape index (κ1) is 10.9. The molecular weight excluding hydrogens is 167 g/mol. The first-order chi connectivity index (χ1) is 6.27. The summed E-state index contributed by atoms with van der Waals surface area (Å²) in [7, 11) is 0. The van der Waals surface area contributed by atoms with Crippen molar-refractivity contribution in [3.05, 3.63) is 0 Å². The van der Waals surface area contributed by atoms with E-state index in [1.54, 1.807) is 0 Å². The number of rotatable bonds is 4. The molecule has 1 fully saturated rings. The van der Waals surface area contributed by atoms with Crippen LogP contribution in [0.25, 0.3) is 0 Å². The Labute approximate surface area is 80.3 Å². The van der Waals surface area contributed by atoms with Crippen LogP contribution < -0.4 is 5.73 Å². The smallest absolute Gasteiger partial charge is 0.0906 e. The van der Waals surface area contributed by atoms with E-state index >= 15 is 0 Å². The molecule has 0 aromatic heterocycles. The molecule has 0 aliphatic carbocycles. The van der Waals surface area contributed by atoms with E-state index in [9.17, 15) is 4.39 Å². The second kappa shape index (κ2) is 5.55. The highest BCUT2D eigenvalue weighted by atomic mass is 19.1. The highest BCUT2D eigenvalue weighted by molar-refractivity contribution is 4.79. The van der Waals surface area contributed by atoms with Gasteiger partial charge in [0.05, 0.1) is 6.67 Å². The molecule has 1 saturated heterocycles. The van der Waals surface area contributed by atoms with Crippen LogP contribution in [0.15, 0.2) is 0 Å². The lowest BCUT2D eigenvalue weighted by atomic mass is 9.93. The summed E-state index contributed by atoms with van der Waals surface area (Å²) in [5, 5.41) is 0. The Morgan fingerprint density at radius 3 is 2.85 bits per heavy atom. The SMILES string of the molecule is CC1CCC(CN)CN1CCCF. The number of hydrogen-bond donors (Lipinski definition) is 1. The Kier molecular flexibility index (Phi) is 4.67. The van der Waals surface area contributed by atoms with Crippen molar-refractivity contribution in [2.45, 2.75) is 32.2 Å². The Bertz CT molecular complexity index is 141. The number of halogens is 1. The van der Waals surface area contributed by atoms with Gasteiger partial charge in [0.25, 0.3) is 0 Å². The van der Waals surface area contributed by atoms with E-state index in [-0.39, 0.29) is 6.67 Å². The molecule has 78 valence electrons. The lowest BCUT2D eigenvalue weighted by Gasteiger charge is -2.37. The minimum absolute atomic E-state index is 0.198. The van der Waals surface area contributed by atoms with Gasteiger partial charge in [0.15, 0.2) is 0 Å². The van der Waals surface area contributed by atoms with E-state index in [1.807, 2.05) is 0 Å². The number of nitrogens with zero attached hydrogens (tertiary/aromatic N) is 1. The molecule has 2 atom stereocenters. The third-order valence-corrected chi connectivity index (χ3v) is 3.02. The average Bonchev–Trinajstić information content (AvgIpc) is 2.17. The standard InChI is InChI=1S/C10H21FN2/c1-9-3-4-10(7-12)8-13(9)6-2-5-11/h9-10H,2-8,12H2,1H3. The number of likely N-dealkylation sites (tertiary alicyclic amines) is 1. The Morgan fingerprint density at radius 1 is 1.46 bits per heavy atom. The molecule has 1 aliphatic rings. The second-order valence-corrected chi connectivity index (χ2v) is 4.07. The van der Waals surface area contributed by atoms with Crippen LogP contribution >= 0.6 is 0 Å². The van der Waals surface area contributed by atoms with Crippen molar-refractivity contribution < 1.29 is 4.39 Å². The number of nitrogens with two attached hydrogens (primary N) is 1. The Morgan fingerprint density at radius 2 is 2.23 bits per heavy atom. The second-order valence-electron chi connectivity index (χ2n) is 4.07. The van der Waals surface area contributed by atoms with Crippen LogP contribution in [-0.4, -0.2) is 37.3 Å². The van der Waals surface area contributed by atoms with Gasteiger partial charge in [-0.15, -0.1) is 0 Å². The molecule has 0 bridgehead atoms.